The fourth-order valence-corrected chi connectivity index (χ4v) is 2.26. The number of nitrogens with zero attached hydrogens (tertiary/aromatic N) is 1. The van der Waals surface area contributed by atoms with E-state index in [-0.39, 0.29) is 11.9 Å². The number of benzene rings is 1. The molecule has 1 aliphatic rings. The Kier molecular flexibility index (Phi) is 4.32. The molecule has 1 heterocycles. The molecule has 0 saturated carbocycles. The summed E-state index contributed by atoms with van der Waals surface area (Å²) >= 11 is 3.43. The van der Waals surface area contributed by atoms with E-state index in [0.29, 0.717) is 0 Å². The monoisotopic (exact) mass is 287 g/mol. The van der Waals surface area contributed by atoms with Crippen molar-refractivity contribution in [1.82, 2.24) is 4.90 Å². The molecular formula is C12H15BrFNO. The van der Waals surface area contributed by atoms with Gasteiger partial charge in [-0.3, -0.25) is 4.90 Å². The lowest BCUT2D eigenvalue weighted by atomic mass is 10.2. The number of ether oxygens (including phenoxy) is 1. The van der Waals surface area contributed by atoms with Gasteiger partial charge in [-0.2, -0.15) is 0 Å². The highest BCUT2D eigenvalue weighted by molar-refractivity contribution is 9.09. The van der Waals surface area contributed by atoms with Gasteiger partial charge < -0.3 is 4.74 Å². The minimum absolute atomic E-state index is 0.177. The Balaban J connectivity index is 1.91. The van der Waals surface area contributed by atoms with E-state index in [1.165, 1.54) is 12.1 Å². The van der Waals surface area contributed by atoms with Gasteiger partial charge in [0.25, 0.3) is 0 Å². The molecule has 1 aromatic carbocycles. The highest BCUT2D eigenvalue weighted by Gasteiger charge is 2.19. The van der Waals surface area contributed by atoms with Crippen molar-refractivity contribution in [1.29, 1.82) is 0 Å². The Morgan fingerprint density at radius 2 is 2.12 bits per heavy atom. The third-order valence-electron chi connectivity index (χ3n) is 2.71. The first-order valence-electron chi connectivity index (χ1n) is 5.42. The molecule has 1 aliphatic heterocycles. The van der Waals surface area contributed by atoms with Crippen LogP contribution in [0, 0.1) is 5.82 Å². The Morgan fingerprint density at radius 1 is 1.38 bits per heavy atom. The highest BCUT2D eigenvalue weighted by Crippen LogP contribution is 2.12. The Labute approximate surface area is 104 Å². The van der Waals surface area contributed by atoms with Crippen LogP contribution in [-0.2, 0) is 11.3 Å². The third-order valence-corrected chi connectivity index (χ3v) is 3.44. The first-order chi connectivity index (χ1) is 7.78. The van der Waals surface area contributed by atoms with Crippen LogP contribution in [0.3, 0.4) is 0 Å². The summed E-state index contributed by atoms with van der Waals surface area (Å²) in [6.07, 6.45) is 0.272. The van der Waals surface area contributed by atoms with Gasteiger partial charge in [-0.15, -0.1) is 0 Å². The lowest BCUT2D eigenvalue weighted by Gasteiger charge is -2.32. The maximum atomic E-state index is 12.7. The lowest BCUT2D eigenvalue weighted by molar-refractivity contribution is -0.0181. The van der Waals surface area contributed by atoms with Crippen LogP contribution in [0.25, 0.3) is 0 Å². The van der Waals surface area contributed by atoms with Crippen molar-refractivity contribution in [3.05, 3.63) is 35.6 Å². The predicted molar refractivity (Wildman–Crippen MR) is 65.2 cm³/mol. The predicted octanol–water partition coefficient (Wildman–Crippen LogP) is 2.42. The zero-order valence-electron chi connectivity index (χ0n) is 9.03. The summed E-state index contributed by atoms with van der Waals surface area (Å²) in [5.74, 6) is -0.177. The molecule has 0 radical (unpaired) electrons. The average molecular weight is 288 g/mol. The van der Waals surface area contributed by atoms with Gasteiger partial charge in [0.05, 0.1) is 12.7 Å². The van der Waals surface area contributed by atoms with E-state index >= 15 is 0 Å². The number of halogens is 2. The van der Waals surface area contributed by atoms with E-state index in [2.05, 4.69) is 20.8 Å². The molecule has 2 rings (SSSR count). The summed E-state index contributed by atoms with van der Waals surface area (Å²) < 4.78 is 18.3. The van der Waals surface area contributed by atoms with E-state index in [9.17, 15) is 4.39 Å². The number of alkyl halides is 1. The van der Waals surface area contributed by atoms with Crippen LogP contribution in [-0.4, -0.2) is 36.0 Å². The van der Waals surface area contributed by atoms with Crippen molar-refractivity contribution in [2.45, 2.75) is 12.6 Å². The lowest BCUT2D eigenvalue weighted by Crippen LogP contribution is -2.42. The molecule has 0 bridgehead atoms. The summed E-state index contributed by atoms with van der Waals surface area (Å²) in [5.41, 5.74) is 1.15. The van der Waals surface area contributed by atoms with Crippen molar-refractivity contribution < 1.29 is 9.13 Å². The molecule has 0 spiro atoms. The topological polar surface area (TPSA) is 12.5 Å². The first-order valence-corrected chi connectivity index (χ1v) is 6.54. The molecule has 1 aromatic rings. The Bertz CT molecular complexity index is 330. The largest absolute Gasteiger partial charge is 0.375 e. The number of rotatable bonds is 3. The Morgan fingerprint density at radius 3 is 2.81 bits per heavy atom. The zero-order valence-corrected chi connectivity index (χ0v) is 10.6. The summed E-state index contributed by atoms with van der Waals surface area (Å²) in [6.45, 7) is 3.52. The van der Waals surface area contributed by atoms with Crippen LogP contribution in [0.4, 0.5) is 4.39 Å². The second kappa shape index (κ2) is 5.75. The van der Waals surface area contributed by atoms with Gasteiger partial charge >= 0.3 is 0 Å². The van der Waals surface area contributed by atoms with Gasteiger partial charge in [0, 0.05) is 25.0 Å². The normalized spacial score (nSPS) is 22.2. The van der Waals surface area contributed by atoms with Gasteiger partial charge in [-0.1, -0.05) is 28.1 Å². The van der Waals surface area contributed by atoms with E-state index in [0.717, 1.165) is 37.1 Å². The zero-order chi connectivity index (χ0) is 11.4. The van der Waals surface area contributed by atoms with Gasteiger partial charge in [-0.05, 0) is 17.7 Å². The van der Waals surface area contributed by atoms with E-state index in [4.69, 9.17) is 4.74 Å². The molecule has 16 heavy (non-hydrogen) atoms. The molecule has 88 valence electrons. The maximum absolute atomic E-state index is 12.7. The maximum Gasteiger partial charge on any atom is 0.123 e. The quantitative estimate of drug-likeness (QED) is 0.792. The number of hydrogen-bond donors (Lipinski definition) is 0. The third kappa shape index (κ3) is 3.27. The van der Waals surface area contributed by atoms with Gasteiger partial charge in [-0.25, -0.2) is 4.39 Å². The minimum atomic E-state index is -0.177. The summed E-state index contributed by atoms with van der Waals surface area (Å²) in [7, 11) is 0. The SMILES string of the molecule is Fc1ccc(CN2CCOC(CBr)C2)cc1. The van der Waals surface area contributed by atoms with Gasteiger partial charge in [0.15, 0.2) is 0 Å². The fraction of sp³-hybridized carbons (Fsp3) is 0.500. The van der Waals surface area contributed by atoms with Crippen LogP contribution in [0.15, 0.2) is 24.3 Å². The van der Waals surface area contributed by atoms with Crippen LogP contribution in [0.1, 0.15) is 5.56 Å². The molecule has 4 heteroatoms. The molecular weight excluding hydrogens is 273 g/mol. The summed E-state index contributed by atoms with van der Waals surface area (Å²) in [4.78, 5) is 2.34. The van der Waals surface area contributed by atoms with Crippen molar-refractivity contribution in [3.8, 4) is 0 Å². The summed E-state index contributed by atoms with van der Waals surface area (Å²) in [6, 6.07) is 6.71. The van der Waals surface area contributed by atoms with Crippen molar-refractivity contribution in [2.24, 2.45) is 0 Å². The van der Waals surface area contributed by atoms with Crippen LogP contribution >= 0.6 is 15.9 Å². The Hall–Kier alpha value is -0.450. The van der Waals surface area contributed by atoms with Crippen LogP contribution < -0.4 is 0 Å². The fourth-order valence-electron chi connectivity index (χ4n) is 1.87. The number of morpholine rings is 1. The molecule has 1 atom stereocenters. The number of hydrogen-bond acceptors (Lipinski definition) is 2. The molecule has 0 N–H and O–H groups in total. The molecule has 0 aromatic heterocycles. The minimum Gasteiger partial charge on any atom is -0.375 e. The second-order valence-corrected chi connectivity index (χ2v) is 4.66. The van der Waals surface area contributed by atoms with Gasteiger partial charge in [0.2, 0.25) is 0 Å². The molecule has 2 nitrogen and oxygen atoms in total. The van der Waals surface area contributed by atoms with Crippen LogP contribution in [0.2, 0.25) is 0 Å². The average Bonchev–Trinajstić information content (AvgIpc) is 2.32. The van der Waals surface area contributed by atoms with Crippen molar-refractivity contribution >= 4 is 15.9 Å². The molecule has 0 amide bonds. The molecule has 1 saturated heterocycles. The molecule has 0 aliphatic carbocycles. The standard InChI is InChI=1S/C12H15BrFNO/c13-7-12-9-15(5-6-16-12)8-10-1-3-11(14)4-2-10/h1-4,12H,5-9H2. The van der Waals surface area contributed by atoms with Crippen molar-refractivity contribution in [3.63, 3.8) is 0 Å². The molecule has 1 fully saturated rings. The van der Waals surface area contributed by atoms with E-state index in [1.807, 2.05) is 12.1 Å². The van der Waals surface area contributed by atoms with E-state index in [1.54, 1.807) is 0 Å². The van der Waals surface area contributed by atoms with Crippen molar-refractivity contribution in [2.75, 3.05) is 25.0 Å². The second-order valence-electron chi connectivity index (χ2n) is 4.01. The van der Waals surface area contributed by atoms with E-state index < -0.39 is 0 Å². The van der Waals surface area contributed by atoms with Gasteiger partial charge in [0.1, 0.15) is 5.82 Å². The highest BCUT2D eigenvalue weighted by atomic mass is 79.9. The molecule has 1 unspecified atom stereocenters. The first kappa shape index (κ1) is 12.0. The van der Waals surface area contributed by atoms with Crippen LogP contribution in [0.5, 0.6) is 0 Å². The smallest absolute Gasteiger partial charge is 0.123 e. The summed E-state index contributed by atoms with van der Waals surface area (Å²) in [5, 5.41) is 0.868.